The smallest absolute Gasteiger partial charge is 0.409 e. The highest BCUT2D eigenvalue weighted by atomic mass is 35.5. The molecule has 6 rings (SSSR count). The number of ether oxygens (including phenoxy) is 2. The van der Waals surface area contributed by atoms with Gasteiger partial charge in [0.15, 0.2) is 5.82 Å². The van der Waals surface area contributed by atoms with Crippen molar-refractivity contribution in [2.24, 2.45) is 0 Å². The zero-order valence-corrected chi connectivity index (χ0v) is 21.5. The van der Waals surface area contributed by atoms with E-state index in [-0.39, 0.29) is 40.7 Å². The molecule has 12 heteroatoms. The Morgan fingerprint density at radius 3 is 2.84 bits per heavy atom. The molecule has 4 N–H and O–H groups in total. The fourth-order valence-corrected chi connectivity index (χ4v) is 5.53. The van der Waals surface area contributed by atoms with Crippen LogP contribution in [-0.4, -0.2) is 74.5 Å². The first-order valence-corrected chi connectivity index (χ1v) is 12.8. The molecule has 0 aliphatic carbocycles. The number of hydrogen-bond acceptors (Lipinski definition) is 8. The number of amides is 1. The molecule has 2 unspecified atom stereocenters. The van der Waals surface area contributed by atoms with Crippen molar-refractivity contribution in [3.05, 3.63) is 34.5 Å². The van der Waals surface area contributed by atoms with Crippen LogP contribution < -0.4 is 5.73 Å². The number of rotatable bonds is 2. The number of aromatic amines is 1. The molecule has 3 aromatic rings. The van der Waals surface area contributed by atoms with Crippen molar-refractivity contribution in [2.45, 2.75) is 63.3 Å². The molecule has 198 valence electrons. The number of H-pyrrole nitrogens is 1. The number of anilines is 1. The van der Waals surface area contributed by atoms with E-state index in [1.54, 1.807) is 4.90 Å². The van der Waals surface area contributed by atoms with Crippen molar-refractivity contribution < 1.29 is 23.8 Å². The normalized spacial score (nSPS) is 24.7. The molecule has 5 heterocycles. The summed E-state index contributed by atoms with van der Waals surface area (Å²) in [5.74, 6) is 0.175. The van der Waals surface area contributed by atoms with Gasteiger partial charge in [0.1, 0.15) is 11.3 Å². The summed E-state index contributed by atoms with van der Waals surface area (Å²) in [4.78, 5) is 29.0. The fraction of sp³-hybridized carbons (Fsp3) is 0.520. The number of aliphatic hydroxyl groups excluding tert-OH is 1. The number of imidazole rings is 1. The minimum atomic E-state index is -0.492. The molecule has 0 saturated carbocycles. The van der Waals surface area contributed by atoms with Gasteiger partial charge in [0.2, 0.25) is 5.95 Å². The van der Waals surface area contributed by atoms with Crippen LogP contribution in [0.2, 0.25) is 5.02 Å². The van der Waals surface area contributed by atoms with Gasteiger partial charge in [-0.05, 0) is 50.7 Å². The van der Waals surface area contributed by atoms with E-state index in [1.165, 1.54) is 25.8 Å². The number of carbonyl (C=O) groups is 1. The Hall–Kier alpha value is -3.02. The number of nitrogen functional groups attached to an aromatic ring is 1. The van der Waals surface area contributed by atoms with Crippen molar-refractivity contribution in [2.75, 3.05) is 25.9 Å². The largest absolute Gasteiger partial charge is 0.453 e. The second-order valence-corrected chi connectivity index (χ2v) is 10.1. The zero-order valence-electron chi connectivity index (χ0n) is 20.7. The first kappa shape index (κ1) is 25.6. The second-order valence-electron chi connectivity index (χ2n) is 9.72. The second kappa shape index (κ2) is 10.4. The Labute approximate surface area is 218 Å². The number of nitrogens with two attached hydrogens (primary N) is 1. The average molecular weight is 533 g/mol. The van der Waals surface area contributed by atoms with Crippen LogP contribution in [0.5, 0.6) is 0 Å². The Kier molecular flexibility index (Phi) is 7.19. The van der Waals surface area contributed by atoms with E-state index in [0.29, 0.717) is 41.8 Å². The minimum absolute atomic E-state index is 0.0213. The molecule has 1 aromatic carbocycles. The highest BCUT2D eigenvalue weighted by molar-refractivity contribution is 6.33. The molecule has 37 heavy (non-hydrogen) atoms. The van der Waals surface area contributed by atoms with E-state index >= 15 is 0 Å². The van der Waals surface area contributed by atoms with Crippen LogP contribution in [0.25, 0.3) is 22.3 Å². The third kappa shape index (κ3) is 5.07. The summed E-state index contributed by atoms with van der Waals surface area (Å²) in [5, 5.41) is 9.55. The quantitative estimate of drug-likeness (QED) is 0.451. The number of nitrogens with one attached hydrogen (secondary N) is 1. The summed E-state index contributed by atoms with van der Waals surface area (Å²) in [7, 11) is 1.35. The summed E-state index contributed by atoms with van der Waals surface area (Å²) < 4.78 is 25.0. The van der Waals surface area contributed by atoms with E-state index in [4.69, 9.17) is 26.8 Å². The van der Waals surface area contributed by atoms with Crippen LogP contribution >= 0.6 is 11.6 Å². The van der Waals surface area contributed by atoms with E-state index in [1.807, 2.05) is 6.92 Å². The predicted octanol–water partition coefficient (Wildman–Crippen LogP) is 3.95. The molecule has 10 nitrogen and oxygen atoms in total. The third-order valence-electron chi connectivity index (χ3n) is 7.38. The summed E-state index contributed by atoms with van der Waals surface area (Å²) in [5.41, 5.74) is 8.10. The fourth-order valence-electron chi connectivity index (χ4n) is 5.33. The van der Waals surface area contributed by atoms with Crippen molar-refractivity contribution in [1.29, 1.82) is 0 Å². The number of nitrogens with zero attached hydrogens (tertiary/aromatic N) is 4. The monoisotopic (exact) mass is 532 g/mol. The van der Waals surface area contributed by atoms with Crippen LogP contribution in [-0.2, 0) is 9.47 Å². The number of aromatic nitrogens is 4. The number of fused-ring (bicyclic) bond motifs is 3. The molecular weight excluding hydrogens is 503 g/mol. The molecular formula is C25H30ClFN6O4. The number of benzene rings is 1. The van der Waals surface area contributed by atoms with Crippen LogP contribution in [0.15, 0.2) is 12.3 Å². The predicted molar refractivity (Wildman–Crippen MR) is 136 cm³/mol. The Balaban J connectivity index is 0.000000260. The minimum Gasteiger partial charge on any atom is -0.453 e. The Morgan fingerprint density at radius 2 is 2.08 bits per heavy atom. The van der Waals surface area contributed by atoms with E-state index in [0.717, 1.165) is 31.2 Å². The van der Waals surface area contributed by atoms with Gasteiger partial charge in [-0.3, -0.25) is 0 Å². The molecule has 4 atom stereocenters. The van der Waals surface area contributed by atoms with Gasteiger partial charge in [-0.15, -0.1) is 0 Å². The van der Waals surface area contributed by atoms with Gasteiger partial charge in [0.05, 0.1) is 47.9 Å². The number of carbonyl (C=O) groups excluding carboxylic acids is 1. The van der Waals surface area contributed by atoms with Gasteiger partial charge < -0.3 is 30.2 Å². The summed E-state index contributed by atoms with van der Waals surface area (Å²) in [6.07, 6.45) is 6.50. The van der Waals surface area contributed by atoms with Gasteiger partial charge in [-0.25, -0.2) is 24.1 Å². The summed E-state index contributed by atoms with van der Waals surface area (Å²) in [6, 6.07) is 1.35. The SMILES string of the molecule is COC(=O)N1CC[C@@H](c2nc3c(F)cc(-c4nc(N)ncc4Cl)c(C)c3[nH]2)C1.OC1CC[C@@H]2CCC1O2. The molecule has 3 aliphatic rings. The number of hydrogen-bond donors (Lipinski definition) is 3. The summed E-state index contributed by atoms with van der Waals surface area (Å²) in [6.45, 7) is 2.87. The van der Waals surface area contributed by atoms with Gasteiger partial charge in [-0.2, -0.15) is 0 Å². The van der Waals surface area contributed by atoms with Crippen molar-refractivity contribution in [3.63, 3.8) is 0 Å². The maximum atomic E-state index is 14.8. The van der Waals surface area contributed by atoms with Crippen LogP contribution in [0, 0.1) is 12.7 Å². The third-order valence-corrected chi connectivity index (χ3v) is 7.65. The number of aliphatic hydroxyl groups is 1. The molecule has 3 saturated heterocycles. The highest BCUT2D eigenvalue weighted by Crippen LogP contribution is 2.35. The summed E-state index contributed by atoms with van der Waals surface area (Å²) >= 11 is 6.20. The van der Waals surface area contributed by atoms with E-state index in [9.17, 15) is 14.3 Å². The lowest BCUT2D eigenvalue weighted by molar-refractivity contribution is -0.0746. The van der Waals surface area contributed by atoms with E-state index < -0.39 is 5.82 Å². The number of halogens is 2. The van der Waals surface area contributed by atoms with Crippen LogP contribution in [0.1, 0.15) is 49.4 Å². The van der Waals surface area contributed by atoms with Gasteiger partial charge in [-0.1, -0.05) is 11.6 Å². The molecule has 3 fully saturated rings. The van der Waals surface area contributed by atoms with E-state index in [2.05, 4.69) is 19.9 Å². The van der Waals surface area contributed by atoms with Crippen LogP contribution in [0.4, 0.5) is 15.1 Å². The topological polar surface area (TPSA) is 139 Å². The molecule has 0 radical (unpaired) electrons. The lowest BCUT2D eigenvalue weighted by Gasteiger charge is -2.24. The number of aryl methyl sites for hydroxylation is 1. The first-order chi connectivity index (χ1) is 17.7. The molecule has 2 bridgehead atoms. The molecule has 2 aromatic heterocycles. The standard InChI is InChI=1S/C18H18ClFN6O2.C7H12O2/c1-8-10(14-11(19)6-22-17(21)25-14)5-12(20)15-13(8)23-16(24-15)9-3-4-26(7-9)18(27)28-2;8-6-3-1-5-2-4-7(6)9-5/h5-6,9H,3-4,7H2,1-2H3,(H,23,24)(H2,21,22,25);5-8H,1-4H2/t9-;5-,6?,7?/m11/s1. The van der Waals surface area contributed by atoms with Gasteiger partial charge >= 0.3 is 6.09 Å². The lowest BCUT2D eigenvalue weighted by atomic mass is 10.0. The molecule has 0 spiro atoms. The number of likely N-dealkylation sites (tertiary alicyclic amines) is 1. The van der Waals surface area contributed by atoms with Crippen molar-refractivity contribution in [1.82, 2.24) is 24.8 Å². The highest BCUT2D eigenvalue weighted by Gasteiger charge is 2.35. The average Bonchev–Trinajstić information content (AvgIpc) is 3.64. The maximum Gasteiger partial charge on any atom is 0.409 e. The van der Waals surface area contributed by atoms with Gasteiger partial charge in [0, 0.05) is 24.6 Å². The van der Waals surface area contributed by atoms with Crippen molar-refractivity contribution in [3.8, 4) is 11.3 Å². The Morgan fingerprint density at radius 1 is 1.30 bits per heavy atom. The number of methoxy groups -OCH3 is 1. The van der Waals surface area contributed by atoms with Gasteiger partial charge in [0.25, 0.3) is 0 Å². The Bertz CT molecular complexity index is 1320. The first-order valence-electron chi connectivity index (χ1n) is 12.4. The molecule has 1 amide bonds. The molecule has 3 aliphatic heterocycles. The van der Waals surface area contributed by atoms with Crippen molar-refractivity contribution >= 4 is 34.7 Å². The zero-order chi connectivity index (χ0) is 26.3. The maximum absolute atomic E-state index is 14.8. The lowest BCUT2D eigenvalue weighted by Crippen LogP contribution is -2.31. The van der Waals surface area contributed by atoms with Crippen LogP contribution in [0.3, 0.4) is 0 Å².